The molecule has 0 saturated heterocycles. The zero-order valence-corrected chi connectivity index (χ0v) is 9.86. The third-order valence-electron chi connectivity index (χ3n) is 3.60. The highest BCUT2D eigenvalue weighted by Crippen LogP contribution is 2.57. The Balaban J connectivity index is 2.18. The first kappa shape index (κ1) is 11.1. The minimum absolute atomic E-state index is 0.173. The molecular formula is C13H17NO2. The van der Waals surface area contributed by atoms with E-state index in [1.165, 1.54) is 12.7 Å². The monoisotopic (exact) mass is 219 g/mol. The molecule has 1 aromatic rings. The topological polar surface area (TPSA) is 52.3 Å². The maximum atomic E-state index is 11.3. The van der Waals surface area contributed by atoms with Gasteiger partial charge < -0.3 is 10.5 Å². The van der Waals surface area contributed by atoms with Crippen LogP contribution in [0.2, 0.25) is 0 Å². The van der Waals surface area contributed by atoms with Gasteiger partial charge in [-0.1, -0.05) is 26.0 Å². The lowest BCUT2D eigenvalue weighted by Gasteiger charge is -2.04. The average Bonchev–Trinajstić information content (AvgIpc) is 2.77. The first-order valence-electron chi connectivity index (χ1n) is 5.42. The van der Waals surface area contributed by atoms with E-state index in [0.717, 1.165) is 0 Å². The van der Waals surface area contributed by atoms with E-state index in [2.05, 4.69) is 18.6 Å². The van der Waals surface area contributed by atoms with Crippen LogP contribution in [0.25, 0.3) is 0 Å². The third-order valence-corrected chi connectivity index (χ3v) is 3.60. The maximum absolute atomic E-state index is 11.3. The van der Waals surface area contributed by atoms with E-state index >= 15 is 0 Å². The van der Waals surface area contributed by atoms with E-state index in [1.807, 2.05) is 12.1 Å². The van der Waals surface area contributed by atoms with Crippen LogP contribution in [0.15, 0.2) is 24.3 Å². The summed E-state index contributed by atoms with van der Waals surface area (Å²) in [6.45, 7) is 4.33. The first-order chi connectivity index (χ1) is 7.48. The van der Waals surface area contributed by atoms with Crippen molar-refractivity contribution < 1.29 is 9.53 Å². The summed E-state index contributed by atoms with van der Waals surface area (Å²) in [5.74, 6) is 0.102. The second kappa shape index (κ2) is 3.59. The summed E-state index contributed by atoms with van der Waals surface area (Å²) in [4.78, 5) is 11.3. The second-order valence-electron chi connectivity index (χ2n) is 4.94. The highest BCUT2D eigenvalue weighted by Gasteiger charge is 2.55. The van der Waals surface area contributed by atoms with Gasteiger partial charge in [-0.15, -0.1) is 0 Å². The van der Waals surface area contributed by atoms with Crippen molar-refractivity contribution in [3.05, 3.63) is 35.4 Å². The number of hydrogen-bond donors (Lipinski definition) is 1. The number of carbonyl (C=O) groups is 1. The second-order valence-corrected chi connectivity index (χ2v) is 4.94. The van der Waals surface area contributed by atoms with Crippen molar-refractivity contribution in [3.8, 4) is 0 Å². The van der Waals surface area contributed by atoms with Crippen LogP contribution < -0.4 is 5.73 Å². The lowest BCUT2D eigenvalue weighted by atomic mass is 10.0. The number of rotatable bonds is 2. The number of methoxy groups -OCH3 is 1. The van der Waals surface area contributed by atoms with Gasteiger partial charge in [-0.2, -0.15) is 0 Å². The Hall–Kier alpha value is -1.35. The van der Waals surface area contributed by atoms with Crippen molar-refractivity contribution in [2.45, 2.75) is 25.8 Å². The molecule has 16 heavy (non-hydrogen) atoms. The molecular weight excluding hydrogens is 202 g/mol. The van der Waals surface area contributed by atoms with Crippen LogP contribution in [0, 0.1) is 5.41 Å². The van der Waals surface area contributed by atoms with E-state index in [9.17, 15) is 4.79 Å². The molecule has 86 valence electrons. The summed E-state index contributed by atoms with van der Waals surface area (Å²) in [6, 6.07) is 7.73. The summed E-state index contributed by atoms with van der Waals surface area (Å²) < 4.78 is 4.65. The molecule has 1 saturated carbocycles. The smallest absolute Gasteiger partial charge is 0.337 e. The minimum Gasteiger partial charge on any atom is -0.465 e. The molecule has 0 bridgehead atoms. The summed E-state index contributed by atoms with van der Waals surface area (Å²) >= 11 is 0. The number of nitrogens with two attached hydrogens (primary N) is 1. The van der Waals surface area contributed by atoms with Gasteiger partial charge in [0.1, 0.15) is 0 Å². The van der Waals surface area contributed by atoms with Gasteiger partial charge in [0.25, 0.3) is 0 Å². The summed E-state index contributed by atoms with van der Waals surface area (Å²) in [6.07, 6.45) is 0. The predicted molar refractivity (Wildman–Crippen MR) is 62.3 cm³/mol. The van der Waals surface area contributed by atoms with Crippen molar-refractivity contribution in [2.75, 3.05) is 7.11 Å². The Bertz CT molecular complexity index is 408. The molecule has 0 amide bonds. The van der Waals surface area contributed by atoms with Crippen LogP contribution in [0.3, 0.4) is 0 Å². The van der Waals surface area contributed by atoms with Crippen molar-refractivity contribution in [1.82, 2.24) is 0 Å². The van der Waals surface area contributed by atoms with E-state index < -0.39 is 0 Å². The molecule has 0 aromatic heterocycles. The molecule has 1 aliphatic rings. The standard InChI is InChI=1S/C13H17NO2/c1-13(2)10(11(13)14)8-4-6-9(7-5-8)12(15)16-3/h4-7,10-11H,14H2,1-3H3. The number of esters is 1. The average molecular weight is 219 g/mol. The SMILES string of the molecule is COC(=O)c1ccc(C2C(N)C2(C)C)cc1. The zero-order chi connectivity index (χ0) is 11.9. The van der Waals surface area contributed by atoms with Gasteiger partial charge >= 0.3 is 5.97 Å². The summed E-state index contributed by atoms with van der Waals surface area (Å²) in [7, 11) is 1.39. The molecule has 0 radical (unpaired) electrons. The molecule has 3 heteroatoms. The lowest BCUT2D eigenvalue weighted by molar-refractivity contribution is 0.0600. The highest BCUT2D eigenvalue weighted by molar-refractivity contribution is 5.89. The summed E-state index contributed by atoms with van der Waals surface area (Å²) in [5.41, 5.74) is 7.96. The van der Waals surface area contributed by atoms with Crippen molar-refractivity contribution in [2.24, 2.45) is 11.1 Å². The molecule has 0 heterocycles. The molecule has 1 fully saturated rings. The normalized spacial score (nSPS) is 26.2. The molecule has 3 nitrogen and oxygen atoms in total. The van der Waals surface area contributed by atoms with Gasteiger partial charge in [0.15, 0.2) is 0 Å². The minimum atomic E-state index is -0.300. The molecule has 2 atom stereocenters. The lowest BCUT2D eigenvalue weighted by Crippen LogP contribution is -2.06. The van der Waals surface area contributed by atoms with Gasteiger partial charge in [0.05, 0.1) is 12.7 Å². The number of carbonyl (C=O) groups excluding carboxylic acids is 1. The van der Waals surface area contributed by atoms with Crippen LogP contribution in [0.1, 0.15) is 35.7 Å². The van der Waals surface area contributed by atoms with E-state index in [4.69, 9.17) is 5.73 Å². The van der Waals surface area contributed by atoms with Crippen LogP contribution in [-0.2, 0) is 4.74 Å². The van der Waals surface area contributed by atoms with Crippen molar-refractivity contribution >= 4 is 5.97 Å². The largest absolute Gasteiger partial charge is 0.465 e. The Morgan fingerprint density at radius 3 is 2.19 bits per heavy atom. The van der Waals surface area contributed by atoms with E-state index in [1.54, 1.807) is 12.1 Å². The first-order valence-corrected chi connectivity index (χ1v) is 5.42. The Morgan fingerprint density at radius 2 is 1.81 bits per heavy atom. The quantitative estimate of drug-likeness (QED) is 0.773. The molecule has 2 unspecified atom stereocenters. The Morgan fingerprint density at radius 1 is 1.31 bits per heavy atom. The van der Waals surface area contributed by atoms with Gasteiger partial charge in [0, 0.05) is 12.0 Å². The number of benzene rings is 1. The zero-order valence-electron chi connectivity index (χ0n) is 9.86. The van der Waals surface area contributed by atoms with Gasteiger partial charge in [-0.05, 0) is 23.1 Å². The molecule has 0 spiro atoms. The summed E-state index contributed by atoms with van der Waals surface area (Å²) in [5, 5.41) is 0. The fourth-order valence-corrected chi connectivity index (χ4v) is 2.26. The van der Waals surface area contributed by atoms with Crippen LogP contribution >= 0.6 is 0 Å². The van der Waals surface area contributed by atoms with Crippen LogP contribution in [0.4, 0.5) is 0 Å². The van der Waals surface area contributed by atoms with E-state index in [0.29, 0.717) is 11.5 Å². The van der Waals surface area contributed by atoms with Crippen LogP contribution in [0.5, 0.6) is 0 Å². The Kier molecular flexibility index (Phi) is 2.50. The van der Waals surface area contributed by atoms with Crippen molar-refractivity contribution in [3.63, 3.8) is 0 Å². The van der Waals surface area contributed by atoms with Gasteiger partial charge in [-0.3, -0.25) is 0 Å². The third kappa shape index (κ3) is 1.61. The Labute approximate surface area is 95.6 Å². The number of hydrogen-bond acceptors (Lipinski definition) is 3. The van der Waals surface area contributed by atoms with Crippen LogP contribution in [-0.4, -0.2) is 19.1 Å². The predicted octanol–water partition coefficient (Wildman–Crippen LogP) is 1.92. The fourth-order valence-electron chi connectivity index (χ4n) is 2.26. The number of ether oxygens (including phenoxy) is 1. The maximum Gasteiger partial charge on any atom is 0.337 e. The van der Waals surface area contributed by atoms with Gasteiger partial charge in [-0.25, -0.2) is 4.79 Å². The molecule has 2 N–H and O–H groups in total. The molecule has 0 aliphatic heterocycles. The molecule has 1 aromatic carbocycles. The van der Waals surface area contributed by atoms with E-state index in [-0.39, 0.29) is 17.4 Å². The fraction of sp³-hybridized carbons (Fsp3) is 0.462. The van der Waals surface area contributed by atoms with Gasteiger partial charge in [0.2, 0.25) is 0 Å². The highest BCUT2D eigenvalue weighted by atomic mass is 16.5. The molecule has 1 aliphatic carbocycles. The molecule has 2 rings (SSSR count). The van der Waals surface area contributed by atoms with Crippen molar-refractivity contribution in [1.29, 1.82) is 0 Å².